The molecule has 0 radical (unpaired) electrons. The minimum atomic E-state index is -0.153. The Labute approximate surface area is 171 Å². The fourth-order valence-corrected chi connectivity index (χ4v) is 3.19. The highest BCUT2D eigenvalue weighted by atomic mass is 16.5. The summed E-state index contributed by atoms with van der Waals surface area (Å²) < 4.78 is 7.36. The third kappa shape index (κ3) is 4.95. The first-order chi connectivity index (χ1) is 14.1. The van der Waals surface area contributed by atoms with Gasteiger partial charge in [0.25, 0.3) is 0 Å². The lowest BCUT2D eigenvalue weighted by molar-refractivity contribution is 0.106. The van der Waals surface area contributed by atoms with Crippen LogP contribution in [0.5, 0.6) is 0 Å². The summed E-state index contributed by atoms with van der Waals surface area (Å²) in [6, 6.07) is 20.6. The fraction of sp³-hybridized carbons (Fsp3) is 0.208. The molecule has 0 N–H and O–H groups in total. The van der Waals surface area contributed by atoms with Crippen LogP contribution in [0, 0.1) is 13.8 Å². The van der Waals surface area contributed by atoms with Crippen LogP contribution in [0.25, 0.3) is 0 Å². The van der Waals surface area contributed by atoms with Crippen LogP contribution < -0.4 is 0 Å². The topological polar surface area (TPSA) is 55.9 Å². The molecule has 0 aliphatic heterocycles. The summed E-state index contributed by atoms with van der Waals surface area (Å²) in [5.74, 6) is -0.153. The number of benzene rings is 2. The largest absolute Gasteiger partial charge is 0.383 e. The number of aryl methyl sites for hydroxylation is 1. The van der Waals surface area contributed by atoms with E-state index in [-0.39, 0.29) is 5.78 Å². The summed E-state index contributed by atoms with van der Waals surface area (Å²) in [5.41, 5.74) is 4.85. The van der Waals surface area contributed by atoms with E-state index in [1.807, 2.05) is 55.5 Å². The maximum absolute atomic E-state index is 13.0. The number of rotatable bonds is 8. The average molecular weight is 387 g/mol. The molecule has 0 atom stereocenters. The number of ether oxygens (including phenoxy) is 1. The van der Waals surface area contributed by atoms with Crippen LogP contribution in [0.15, 0.2) is 76.9 Å². The van der Waals surface area contributed by atoms with Gasteiger partial charge < -0.3 is 9.30 Å². The second-order valence-corrected chi connectivity index (χ2v) is 6.73. The van der Waals surface area contributed by atoms with Crippen LogP contribution in [0.1, 0.15) is 32.9 Å². The van der Waals surface area contributed by atoms with Crippen molar-refractivity contribution < 1.29 is 9.53 Å². The minimum absolute atomic E-state index is 0.153. The van der Waals surface area contributed by atoms with Crippen molar-refractivity contribution in [1.82, 2.24) is 4.57 Å². The van der Waals surface area contributed by atoms with Gasteiger partial charge in [-0.2, -0.15) is 5.10 Å². The van der Waals surface area contributed by atoms with Crippen molar-refractivity contribution >= 4 is 17.7 Å². The molecule has 0 aliphatic rings. The van der Waals surface area contributed by atoms with Crippen LogP contribution in [0.3, 0.4) is 0 Å². The molecular weight excluding hydrogens is 362 g/mol. The summed E-state index contributed by atoms with van der Waals surface area (Å²) >= 11 is 0. The molecule has 3 aromatic rings. The highest BCUT2D eigenvalue weighted by Crippen LogP contribution is 2.14. The molecule has 5 nitrogen and oxygen atoms in total. The van der Waals surface area contributed by atoms with Gasteiger partial charge in [-0.3, -0.25) is 4.79 Å². The van der Waals surface area contributed by atoms with Crippen molar-refractivity contribution in [2.45, 2.75) is 20.4 Å². The van der Waals surface area contributed by atoms with E-state index in [1.165, 1.54) is 0 Å². The monoisotopic (exact) mass is 387 g/mol. The molecular formula is C24H25N3O2. The second kappa shape index (κ2) is 9.75. The SMILES string of the molecule is COCCn1c(C)cc(/C=N\N=C(/C(=O)c2ccccc2)c2ccccc2)c1C. The van der Waals surface area contributed by atoms with Crippen LogP contribution in [-0.4, -0.2) is 36.0 Å². The first kappa shape index (κ1) is 20.4. The number of Topliss-reactive ketones (excluding diaryl/α,β-unsaturated/α-hetero) is 1. The van der Waals surface area contributed by atoms with E-state index in [9.17, 15) is 4.79 Å². The Morgan fingerprint density at radius 3 is 2.24 bits per heavy atom. The highest BCUT2D eigenvalue weighted by Gasteiger charge is 2.16. The second-order valence-electron chi connectivity index (χ2n) is 6.73. The van der Waals surface area contributed by atoms with Crippen molar-refractivity contribution in [3.8, 4) is 0 Å². The van der Waals surface area contributed by atoms with Gasteiger partial charge in [-0.15, -0.1) is 5.10 Å². The number of carbonyl (C=O) groups excluding carboxylic acids is 1. The van der Waals surface area contributed by atoms with Crippen molar-refractivity contribution in [2.75, 3.05) is 13.7 Å². The van der Waals surface area contributed by atoms with Gasteiger partial charge in [-0.25, -0.2) is 0 Å². The average Bonchev–Trinajstić information content (AvgIpc) is 3.03. The van der Waals surface area contributed by atoms with E-state index in [4.69, 9.17) is 4.74 Å². The Hall–Kier alpha value is -3.31. The molecule has 1 aromatic heterocycles. The highest BCUT2D eigenvalue weighted by molar-refractivity contribution is 6.51. The molecule has 5 heteroatoms. The number of methoxy groups -OCH3 is 1. The molecule has 0 saturated carbocycles. The van der Waals surface area contributed by atoms with Crippen LogP contribution >= 0.6 is 0 Å². The van der Waals surface area contributed by atoms with Crippen molar-refractivity contribution in [3.05, 3.63) is 94.8 Å². The van der Waals surface area contributed by atoms with Crippen molar-refractivity contribution in [3.63, 3.8) is 0 Å². The van der Waals surface area contributed by atoms with Gasteiger partial charge in [0.2, 0.25) is 5.78 Å². The van der Waals surface area contributed by atoms with Crippen LogP contribution in [0.2, 0.25) is 0 Å². The van der Waals surface area contributed by atoms with E-state index >= 15 is 0 Å². The van der Waals surface area contributed by atoms with Gasteiger partial charge in [-0.05, 0) is 19.9 Å². The van der Waals surface area contributed by atoms with E-state index < -0.39 is 0 Å². The third-order valence-corrected chi connectivity index (χ3v) is 4.78. The quantitative estimate of drug-likeness (QED) is 0.326. The van der Waals surface area contributed by atoms with Gasteiger partial charge in [0, 0.05) is 41.7 Å². The Kier molecular flexibility index (Phi) is 6.87. The Morgan fingerprint density at radius 2 is 1.62 bits per heavy atom. The van der Waals surface area contributed by atoms with E-state index in [0.29, 0.717) is 17.9 Å². The smallest absolute Gasteiger partial charge is 0.213 e. The fourth-order valence-electron chi connectivity index (χ4n) is 3.19. The summed E-state index contributed by atoms with van der Waals surface area (Å²) in [6.07, 6.45) is 1.70. The number of hydrogen-bond acceptors (Lipinski definition) is 4. The van der Waals surface area contributed by atoms with Gasteiger partial charge in [0.05, 0.1) is 12.8 Å². The first-order valence-electron chi connectivity index (χ1n) is 9.53. The number of nitrogens with zero attached hydrogens (tertiary/aromatic N) is 3. The normalized spacial score (nSPS) is 11.9. The summed E-state index contributed by atoms with van der Waals surface area (Å²) in [7, 11) is 1.69. The zero-order chi connectivity index (χ0) is 20.6. The number of ketones is 1. The van der Waals surface area contributed by atoms with Crippen molar-refractivity contribution in [1.29, 1.82) is 0 Å². The number of aromatic nitrogens is 1. The zero-order valence-corrected chi connectivity index (χ0v) is 17.0. The van der Waals surface area contributed by atoms with Crippen LogP contribution in [0.4, 0.5) is 0 Å². The van der Waals surface area contributed by atoms with E-state index in [1.54, 1.807) is 25.5 Å². The van der Waals surface area contributed by atoms with E-state index in [0.717, 1.165) is 29.1 Å². The Balaban J connectivity index is 1.92. The summed E-state index contributed by atoms with van der Waals surface area (Å²) in [4.78, 5) is 13.0. The first-order valence-corrected chi connectivity index (χ1v) is 9.53. The van der Waals surface area contributed by atoms with Gasteiger partial charge >= 0.3 is 0 Å². The van der Waals surface area contributed by atoms with Gasteiger partial charge in [0.15, 0.2) is 0 Å². The maximum Gasteiger partial charge on any atom is 0.213 e. The molecule has 29 heavy (non-hydrogen) atoms. The summed E-state index contributed by atoms with van der Waals surface area (Å²) in [5, 5.41) is 8.57. The van der Waals surface area contributed by atoms with Crippen LogP contribution in [-0.2, 0) is 11.3 Å². The number of hydrogen-bond donors (Lipinski definition) is 0. The molecule has 0 saturated heterocycles. The number of carbonyl (C=O) groups is 1. The lowest BCUT2D eigenvalue weighted by Crippen LogP contribution is -2.15. The van der Waals surface area contributed by atoms with Crippen molar-refractivity contribution in [2.24, 2.45) is 10.2 Å². The predicted octanol–water partition coefficient (Wildman–Crippen LogP) is 4.46. The molecule has 0 unspecified atom stereocenters. The van der Waals surface area contributed by atoms with E-state index in [2.05, 4.69) is 27.8 Å². The molecule has 0 amide bonds. The maximum atomic E-state index is 13.0. The standard InChI is InChI=1S/C24H25N3O2/c1-18-16-22(19(2)27(18)14-15-29-3)17-25-26-23(20-10-6-4-7-11-20)24(28)21-12-8-5-9-13-21/h4-13,16-17H,14-15H2,1-3H3/b25-17-,26-23-. The molecule has 0 bridgehead atoms. The molecule has 1 heterocycles. The van der Waals surface area contributed by atoms with Gasteiger partial charge in [-0.1, -0.05) is 60.7 Å². The summed E-state index contributed by atoms with van der Waals surface area (Å²) in [6.45, 7) is 5.53. The Bertz CT molecular complexity index is 1020. The predicted molar refractivity (Wildman–Crippen MR) is 117 cm³/mol. The lowest BCUT2D eigenvalue weighted by atomic mass is 10.0. The van der Waals surface area contributed by atoms with Gasteiger partial charge in [0.1, 0.15) is 5.71 Å². The molecule has 3 rings (SSSR count). The molecule has 0 spiro atoms. The molecule has 148 valence electrons. The Morgan fingerprint density at radius 1 is 1.00 bits per heavy atom. The zero-order valence-electron chi connectivity index (χ0n) is 17.0. The molecule has 0 aliphatic carbocycles. The third-order valence-electron chi connectivity index (χ3n) is 4.78. The molecule has 0 fully saturated rings. The molecule has 2 aromatic carbocycles. The minimum Gasteiger partial charge on any atom is -0.383 e. The lowest BCUT2D eigenvalue weighted by Gasteiger charge is -2.08.